The van der Waals surface area contributed by atoms with Crippen LogP contribution in [0, 0.1) is 0 Å². The molecule has 0 aliphatic heterocycles. The highest BCUT2D eigenvalue weighted by Gasteiger charge is 2.26. The van der Waals surface area contributed by atoms with Crippen molar-refractivity contribution < 1.29 is 27.4 Å². The second kappa shape index (κ2) is 7.72. The number of rotatable bonds is 7. The van der Waals surface area contributed by atoms with E-state index in [0.717, 1.165) is 0 Å². The van der Waals surface area contributed by atoms with Gasteiger partial charge in [0, 0.05) is 6.07 Å². The van der Waals surface area contributed by atoms with Crippen molar-refractivity contribution >= 4 is 17.3 Å². The Kier molecular flexibility index (Phi) is 6.29. The number of hydrogen-bond acceptors (Lipinski definition) is 4. The van der Waals surface area contributed by atoms with E-state index >= 15 is 0 Å². The van der Waals surface area contributed by atoms with Gasteiger partial charge >= 0.3 is 6.18 Å². The zero-order valence-corrected chi connectivity index (χ0v) is 11.5. The van der Waals surface area contributed by atoms with Gasteiger partial charge in [-0.2, -0.15) is 13.2 Å². The molecule has 0 aliphatic carbocycles. The van der Waals surface area contributed by atoms with Crippen molar-refractivity contribution in [3.63, 3.8) is 0 Å². The summed E-state index contributed by atoms with van der Waals surface area (Å²) in [5.41, 5.74) is 6.47. The summed E-state index contributed by atoms with van der Waals surface area (Å²) in [4.78, 5) is 11.6. The van der Waals surface area contributed by atoms with Crippen molar-refractivity contribution in [1.82, 2.24) is 0 Å². The van der Waals surface area contributed by atoms with Gasteiger partial charge in [0.2, 0.25) is 5.91 Å². The standard InChI is InChI=1S/C13H17F3N2O3/c1-20-9-2-3-11(10(17)8-9)18-12(19)4-6-21-7-5-13(14,15)16/h2-3,8H,4-7,17H2,1H3,(H,18,19). The third kappa shape index (κ3) is 6.84. The number of halogens is 3. The van der Waals surface area contributed by atoms with E-state index in [4.69, 9.17) is 15.2 Å². The molecule has 0 aliphatic rings. The van der Waals surface area contributed by atoms with Crippen LogP contribution >= 0.6 is 0 Å². The van der Waals surface area contributed by atoms with Crippen LogP contribution in [0.4, 0.5) is 24.5 Å². The maximum absolute atomic E-state index is 11.9. The Labute approximate surface area is 120 Å². The first-order chi connectivity index (χ1) is 9.81. The summed E-state index contributed by atoms with van der Waals surface area (Å²) >= 11 is 0. The van der Waals surface area contributed by atoms with Crippen LogP contribution in [-0.4, -0.2) is 32.4 Å². The number of carbonyl (C=O) groups excluding carboxylic acids is 1. The molecule has 3 N–H and O–H groups in total. The fourth-order valence-corrected chi connectivity index (χ4v) is 1.45. The molecule has 1 aromatic carbocycles. The molecule has 1 amide bonds. The molecule has 0 atom stereocenters. The molecular weight excluding hydrogens is 289 g/mol. The van der Waals surface area contributed by atoms with Crippen LogP contribution in [0.2, 0.25) is 0 Å². The summed E-state index contributed by atoms with van der Waals surface area (Å²) in [6.45, 7) is -0.542. The molecule has 1 aromatic rings. The van der Waals surface area contributed by atoms with Crippen LogP contribution in [0.25, 0.3) is 0 Å². The van der Waals surface area contributed by atoms with Gasteiger partial charge in [-0.15, -0.1) is 0 Å². The molecule has 5 nitrogen and oxygen atoms in total. The Morgan fingerprint density at radius 1 is 1.33 bits per heavy atom. The summed E-state index contributed by atoms with van der Waals surface area (Å²) in [7, 11) is 1.49. The predicted molar refractivity (Wildman–Crippen MR) is 72.1 cm³/mol. The molecule has 0 aromatic heterocycles. The Morgan fingerprint density at radius 2 is 2.05 bits per heavy atom. The van der Waals surface area contributed by atoms with E-state index in [2.05, 4.69) is 5.32 Å². The lowest BCUT2D eigenvalue weighted by molar-refractivity contribution is -0.145. The van der Waals surface area contributed by atoms with Gasteiger partial charge in [-0.05, 0) is 12.1 Å². The number of benzene rings is 1. The van der Waals surface area contributed by atoms with Gasteiger partial charge in [0.15, 0.2) is 0 Å². The van der Waals surface area contributed by atoms with E-state index in [0.29, 0.717) is 17.1 Å². The van der Waals surface area contributed by atoms with E-state index in [-0.39, 0.29) is 18.9 Å². The van der Waals surface area contributed by atoms with Crippen molar-refractivity contribution in [1.29, 1.82) is 0 Å². The number of amides is 1. The number of nitrogens with two attached hydrogens (primary N) is 1. The van der Waals surface area contributed by atoms with Crippen LogP contribution < -0.4 is 15.8 Å². The minimum Gasteiger partial charge on any atom is -0.497 e. The molecule has 8 heteroatoms. The first-order valence-corrected chi connectivity index (χ1v) is 6.19. The fraction of sp³-hybridized carbons (Fsp3) is 0.462. The quantitative estimate of drug-likeness (QED) is 0.600. The molecule has 1 rings (SSSR count). The lowest BCUT2D eigenvalue weighted by atomic mass is 10.2. The average molecular weight is 306 g/mol. The highest BCUT2D eigenvalue weighted by atomic mass is 19.4. The normalized spacial score (nSPS) is 11.2. The van der Waals surface area contributed by atoms with Crippen molar-refractivity contribution in [3.05, 3.63) is 18.2 Å². The van der Waals surface area contributed by atoms with Crippen molar-refractivity contribution in [2.24, 2.45) is 0 Å². The topological polar surface area (TPSA) is 73.6 Å². The summed E-state index contributed by atoms with van der Waals surface area (Å²) < 4.78 is 45.3. The molecule has 21 heavy (non-hydrogen) atoms. The first-order valence-electron chi connectivity index (χ1n) is 6.19. The minimum absolute atomic E-state index is 0.0523. The number of nitrogen functional groups attached to an aromatic ring is 1. The number of alkyl halides is 3. The number of nitrogens with one attached hydrogen (secondary N) is 1. The molecule has 118 valence electrons. The van der Waals surface area contributed by atoms with Gasteiger partial charge in [0.25, 0.3) is 0 Å². The minimum atomic E-state index is -4.25. The van der Waals surface area contributed by atoms with Crippen molar-refractivity contribution in [2.75, 3.05) is 31.4 Å². The largest absolute Gasteiger partial charge is 0.497 e. The molecule has 0 saturated carbocycles. The van der Waals surface area contributed by atoms with E-state index in [1.54, 1.807) is 18.2 Å². The Morgan fingerprint density at radius 3 is 2.62 bits per heavy atom. The molecule has 0 bridgehead atoms. The van der Waals surface area contributed by atoms with E-state index in [1.165, 1.54) is 7.11 Å². The first kappa shape index (κ1) is 17.1. The second-order valence-electron chi connectivity index (χ2n) is 4.23. The summed E-state index contributed by atoms with van der Waals surface area (Å²) in [5.74, 6) is 0.167. The number of anilines is 2. The molecular formula is C13H17F3N2O3. The van der Waals surface area contributed by atoms with Gasteiger partial charge < -0.3 is 20.5 Å². The molecule has 0 radical (unpaired) electrons. The Hall–Kier alpha value is -1.96. The van der Waals surface area contributed by atoms with Crippen molar-refractivity contribution in [2.45, 2.75) is 19.0 Å². The van der Waals surface area contributed by atoms with Crippen LogP contribution in [0.1, 0.15) is 12.8 Å². The zero-order chi connectivity index (χ0) is 15.9. The van der Waals surface area contributed by atoms with E-state index in [1.807, 2.05) is 0 Å². The number of ether oxygens (including phenoxy) is 2. The molecule has 0 spiro atoms. The maximum Gasteiger partial charge on any atom is 0.391 e. The highest BCUT2D eigenvalue weighted by molar-refractivity contribution is 5.94. The third-order valence-electron chi connectivity index (χ3n) is 2.54. The van der Waals surface area contributed by atoms with Crippen LogP contribution in [0.3, 0.4) is 0 Å². The molecule has 0 heterocycles. The third-order valence-corrected chi connectivity index (χ3v) is 2.54. The van der Waals surface area contributed by atoms with Crippen LogP contribution in [-0.2, 0) is 9.53 Å². The summed E-state index contributed by atoms with van der Waals surface area (Å²) in [6.07, 6.45) is -5.33. The van der Waals surface area contributed by atoms with Gasteiger partial charge in [-0.1, -0.05) is 0 Å². The summed E-state index contributed by atoms with van der Waals surface area (Å²) in [5, 5.41) is 2.55. The molecule has 0 unspecified atom stereocenters. The lowest BCUT2D eigenvalue weighted by Crippen LogP contribution is -2.17. The highest BCUT2D eigenvalue weighted by Crippen LogP contribution is 2.24. The second-order valence-corrected chi connectivity index (χ2v) is 4.23. The fourth-order valence-electron chi connectivity index (χ4n) is 1.45. The predicted octanol–water partition coefficient (Wildman–Crippen LogP) is 2.58. The van der Waals surface area contributed by atoms with Gasteiger partial charge in [0.05, 0.1) is 44.5 Å². The average Bonchev–Trinajstić information content (AvgIpc) is 2.39. The number of methoxy groups -OCH3 is 1. The maximum atomic E-state index is 11.9. The smallest absolute Gasteiger partial charge is 0.391 e. The zero-order valence-electron chi connectivity index (χ0n) is 11.5. The Bertz CT molecular complexity index is 478. The van der Waals surface area contributed by atoms with Crippen LogP contribution in [0.5, 0.6) is 5.75 Å². The number of hydrogen-bond donors (Lipinski definition) is 2. The summed E-state index contributed by atoms with van der Waals surface area (Å²) in [6, 6.07) is 4.76. The molecule has 0 fully saturated rings. The van der Waals surface area contributed by atoms with E-state index in [9.17, 15) is 18.0 Å². The lowest BCUT2D eigenvalue weighted by Gasteiger charge is -2.10. The Balaban J connectivity index is 2.31. The SMILES string of the molecule is COc1ccc(NC(=O)CCOCCC(F)(F)F)c(N)c1. The number of carbonyl (C=O) groups is 1. The van der Waals surface area contributed by atoms with Gasteiger partial charge in [0.1, 0.15) is 5.75 Å². The van der Waals surface area contributed by atoms with Gasteiger partial charge in [-0.25, -0.2) is 0 Å². The molecule has 0 saturated heterocycles. The van der Waals surface area contributed by atoms with Gasteiger partial charge in [-0.3, -0.25) is 4.79 Å². The van der Waals surface area contributed by atoms with E-state index < -0.39 is 19.2 Å². The monoisotopic (exact) mass is 306 g/mol. The van der Waals surface area contributed by atoms with Crippen LogP contribution in [0.15, 0.2) is 18.2 Å². The van der Waals surface area contributed by atoms with Crippen molar-refractivity contribution in [3.8, 4) is 5.75 Å².